The van der Waals surface area contributed by atoms with Crippen molar-refractivity contribution < 1.29 is 23.8 Å². The van der Waals surface area contributed by atoms with Crippen molar-refractivity contribution in [2.75, 3.05) is 7.11 Å². The molecule has 11 atom stereocenters. The van der Waals surface area contributed by atoms with Gasteiger partial charge in [0.2, 0.25) is 0 Å². The molecule has 4 aliphatic carbocycles. The van der Waals surface area contributed by atoms with Gasteiger partial charge in [0.25, 0.3) is 0 Å². The molecule has 0 aromatic carbocycles. The molecule has 0 aromatic heterocycles. The molecule has 0 amide bonds. The quantitative estimate of drug-likeness (QED) is 0.431. The summed E-state index contributed by atoms with van der Waals surface area (Å²) < 4.78 is 17.1. The Morgan fingerprint density at radius 1 is 1.12 bits per heavy atom. The first-order valence-corrected chi connectivity index (χ1v) is 13.1. The Kier molecular flexibility index (Phi) is 5.66. The van der Waals surface area contributed by atoms with E-state index < -0.39 is 0 Å². The number of hydrogen-bond acceptors (Lipinski definition) is 5. The highest BCUT2D eigenvalue weighted by molar-refractivity contribution is 5.69. The molecule has 0 aromatic rings. The maximum Gasteiger partial charge on any atom is 0.305 e. The molecule has 32 heavy (non-hydrogen) atoms. The molecule has 5 rings (SSSR count). The Labute approximate surface area is 193 Å². The number of rotatable bonds is 5. The van der Waals surface area contributed by atoms with Crippen molar-refractivity contribution in [2.45, 2.75) is 104 Å². The summed E-state index contributed by atoms with van der Waals surface area (Å²) in [4.78, 5) is 23.2. The maximum atomic E-state index is 11.7. The maximum absolute atomic E-state index is 11.7. The fourth-order valence-corrected chi connectivity index (χ4v) is 9.54. The number of hydrogen-bond donors (Lipinski definition) is 0. The van der Waals surface area contributed by atoms with Gasteiger partial charge in [-0.25, -0.2) is 0 Å². The molecule has 180 valence electrons. The molecule has 1 saturated heterocycles. The minimum Gasteiger partial charge on any atom is -0.469 e. The third-order valence-electron chi connectivity index (χ3n) is 11.0. The first kappa shape index (κ1) is 22.7. The van der Waals surface area contributed by atoms with Gasteiger partial charge in [-0.15, -0.1) is 0 Å². The molecule has 4 saturated carbocycles. The molecule has 5 nitrogen and oxygen atoms in total. The van der Waals surface area contributed by atoms with E-state index in [4.69, 9.17) is 14.2 Å². The summed E-state index contributed by atoms with van der Waals surface area (Å²) in [5.74, 6) is 3.74. The average Bonchev–Trinajstić information content (AvgIpc) is 3.47. The first-order valence-electron chi connectivity index (χ1n) is 13.1. The van der Waals surface area contributed by atoms with E-state index in [1.54, 1.807) is 0 Å². The average molecular weight is 447 g/mol. The van der Waals surface area contributed by atoms with Gasteiger partial charge in [0.05, 0.1) is 19.3 Å². The summed E-state index contributed by atoms with van der Waals surface area (Å²) >= 11 is 0. The van der Waals surface area contributed by atoms with E-state index in [-0.39, 0.29) is 23.5 Å². The SMILES string of the molecule is COC(=O)CCC(C)C1CCC2C3CCC4CC(OC(C)=O)CCC4(C)C3C3OC3C12C. The zero-order chi connectivity index (χ0) is 22.8. The molecule has 5 heteroatoms. The summed E-state index contributed by atoms with van der Waals surface area (Å²) in [6.45, 7) is 8.94. The van der Waals surface area contributed by atoms with Crippen LogP contribution in [-0.2, 0) is 23.8 Å². The van der Waals surface area contributed by atoms with Crippen molar-refractivity contribution in [3.05, 3.63) is 0 Å². The summed E-state index contributed by atoms with van der Waals surface area (Å²) in [5, 5.41) is 0. The number of fused-ring (bicyclic) bond motifs is 8. The van der Waals surface area contributed by atoms with Crippen LogP contribution in [0.15, 0.2) is 0 Å². The fourth-order valence-electron chi connectivity index (χ4n) is 9.54. The van der Waals surface area contributed by atoms with E-state index >= 15 is 0 Å². The number of ether oxygens (including phenoxy) is 3. The molecule has 5 aliphatic rings. The smallest absolute Gasteiger partial charge is 0.305 e. The van der Waals surface area contributed by atoms with E-state index in [1.807, 2.05) is 0 Å². The van der Waals surface area contributed by atoms with E-state index in [1.165, 1.54) is 39.7 Å². The lowest BCUT2D eigenvalue weighted by Gasteiger charge is -2.59. The Hall–Kier alpha value is -1.10. The van der Waals surface area contributed by atoms with Crippen molar-refractivity contribution in [1.82, 2.24) is 0 Å². The summed E-state index contributed by atoms with van der Waals surface area (Å²) in [5.41, 5.74) is 0.564. The van der Waals surface area contributed by atoms with Gasteiger partial charge in [-0.2, -0.15) is 0 Å². The zero-order valence-electron chi connectivity index (χ0n) is 20.6. The predicted molar refractivity (Wildman–Crippen MR) is 121 cm³/mol. The van der Waals surface area contributed by atoms with Crippen LogP contribution >= 0.6 is 0 Å². The predicted octanol–water partition coefficient (Wildman–Crippen LogP) is 5.15. The van der Waals surface area contributed by atoms with Crippen LogP contribution in [-0.4, -0.2) is 37.4 Å². The summed E-state index contributed by atoms with van der Waals surface area (Å²) in [6.07, 6.45) is 10.7. The molecule has 0 N–H and O–H groups in total. The number of carbonyl (C=O) groups excluding carboxylic acids is 2. The van der Waals surface area contributed by atoms with Crippen LogP contribution in [0.4, 0.5) is 0 Å². The minimum absolute atomic E-state index is 0.0867. The monoisotopic (exact) mass is 446 g/mol. The number of carbonyl (C=O) groups is 2. The summed E-state index contributed by atoms with van der Waals surface area (Å²) in [6, 6.07) is 0. The van der Waals surface area contributed by atoms with Gasteiger partial charge >= 0.3 is 11.9 Å². The van der Waals surface area contributed by atoms with E-state index in [0.29, 0.717) is 47.7 Å². The van der Waals surface area contributed by atoms with Gasteiger partial charge in [-0.1, -0.05) is 20.8 Å². The zero-order valence-corrected chi connectivity index (χ0v) is 20.6. The number of epoxide rings is 1. The normalized spacial score (nSPS) is 49.7. The molecule has 0 radical (unpaired) electrons. The lowest BCUT2D eigenvalue weighted by atomic mass is 9.44. The van der Waals surface area contributed by atoms with Crippen molar-refractivity contribution >= 4 is 11.9 Å². The molecular weight excluding hydrogens is 404 g/mol. The van der Waals surface area contributed by atoms with Gasteiger partial charge in [-0.3, -0.25) is 9.59 Å². The Morgan fingerprint density at radius 2 is 1.91 bits per heavy atom. The third-order valence-corrected chi connectivity index (χ3v) is 11.0. The van der Waals surface area contributed by atoms with Crippen LogP contribution in [0.3, 0.4) is 0 Å². The second-order valence-corrected chi connectivity index (χ2v) is 12.2. The number of methoxy groups -OCH3 is 1. The second-order valence-electron chi connectivity index (χ2n) is 12.2. The van der Waals surface area contributed by atoms with Gasteiger partial charge in [0.1, 0.15) is 6.10 Å². The molecule has 0 bridgehead atoms. The van der Waals surface area contributed by atoms with Gasteiger partial charge < -0.3 is 14.2 Å². The summed E-state index contributed by atoms with van der Waals surface area (Å²) in [7, 11) is 1.49. The van der Waals surface area contributed by atoms with Crippen LogP contribution in [0.5, 0.6) is 0 Å². The van der Waals surface area contributed by atoms with Crippen molar-refractivity contribution in [1.29, 1.82) is 0 Å². The minimum atomic E-state index is -0.135. The molecule has 0 spiro atoms. The Bertz CT molecular complexity index is 765. The molecule has 1 aliphatic heterocycles. The van der Waals surface area contributed by atoms with Gasteiger partial charge in [0.15, 0.2) is 0 Å². The first-order chi connectivity index (χ1) is 15.2. The molecular formula is C27H42O5. The molecule has 11 unspecified atom stereocenters. The lowest BCUT2D eigenvalue weighted by Crippen LogP contribution is -2.57. The highest BCUT2D eigenvalue weighted by atomic mass is 16.6. The van der Waals surface area contributed by atoms with Crippen molar-refractivity contribution in [2.24, 2.45) is 46.3 Å². The van der Waals surface area contributed by atoms with E-state index in [0.717, 1.165) is 37.5 Å². The highest BCUT2D eigenvalue weighted by Crippen LogP contribution is 2.73. The Morgan fingerprint density at radius 3 is 2.62 bits per heavy atom. The van der Waals surface area contributed by atoms with Crippen LogP contribution in [0.25, 0.3) is 0 Å². The number of esters is 2. The fraction of sp³-hybridized carbons (Fsp3) is 0.926. The van der Waals surface area contributed by atoms with Crippen LogP contribution in [0, 0.1) is 46.3 Å². The topological polar surface area (TPSA) is 65.1 Å². The van der Waals surface area contributed by atoms with E-state index in [2.05, 4.69) is 20.8 Å². The van der Waals surface area contributed by atoms with Crippen LogP contribution in [0.2, 0.25) is 0 Å². The van der Waals surface area contributed by atoms with Crippen molar-refractivity contribution in [3.8, 4) is 0 Å². The van der Waals surface area contributed by atoms with Crippen LogP contribution < -0.4 is 0 Å². The molecule has 5 fully saturated rings. The standard InChI is InChI=1S/C27H42O5/c1-15(6-11-22(29)30-5)20-9-10-21-19-8-7-17-14-18(31-16(2)28)12-13-26(17,3)23(19)24-25(32-24)27(20,21)4/h15,17-21,23-25H,6-14H2,1-5H3. The lowest BCUT2D eigenvalue weighted by molar-refractivity contribution is -0.158. The van der Waals surface area contributed by atoms with Gasteiger partial charge in [0, 0.05) is 18.8 Å². The highest BCUT2D eigenvalue weighted by Gasteiger charge is 2.73. The van der Waals surface area contributed by atoms with E-state index in [9.17, 15) is 9.59 Å². The van der Waals surface area contributed by atoms with Crippen LogP contribution in [0.1, 0.15) is 85.5 Å². The Balaban J connectivity index is 1.33. The van der Waals surface area contributed by atoms with Crippen molar-refractivity contribution in [3.63, 3.8) is 0 Å². The van der Waals surface area contributed by atoms with Gasteiger partial charge in [-0.05, 0) is 92.3 Å². The second kappa shape index (κ2) is 7.99. The largest absolute Gasteiger partial charge is 0.469 e. The third kappa shape index (κ3) is 3.35. The molecule has 1 heterocycles.